The summed E-state index contributed by atoms with van der Waals surface area (Å²) in [6.45, 7) is 6.42. The Balaban J connectivity index is 1.69. The monoisotopic (exact) mass is 530 g/mol. The van der Waals surface area contributed by atoms with E-state index in [4.69, 9.17) is 4.74 Å². The molecule has 3 aromatic rings. The first kappa shape index (κ1) is 24.8. The standard InChI is InChI=1S/C25H27BrN2O4S/c1-4-5-15-32-23-14-9-19(16-22(23)26)25(29)27-20-10-12-21(13-11-20)33(30,31)28-24-17(2)7-6-8-18(24)3/h6-14,16,28H,4-5,15H2,1-3H3,(H,27,29). The van der Waals surface area contributed by atoms with Crippen LogP contribution in [0.2, 0.25) is 0 Å². The maximum atomic E-state index is 12.8. The summed E-state index contributed by atoms with van der Waals surface area (Å²) in [6.07, 6.45) is 2.00. The molecule has 6 nitrogen and oxygen atoms in total. The smallest absolute Gasteiger partial charge is 0.261 e. The largest absolute Gasteiger partial charge is 0.492 e. The zero-order chi connectivity index (χ0) is 24.0. The van der Waals surface area contributed by atoms with E-state index in [1.165, 1.54) is 12.1 Å². The van der Waals surface area contributed by atoms with Gasteiger partial charge in [0, 0.05) is 11.3 Å². The molecule has 0 spiro atoms. The van der Waals surface area contributed by atoms with Crippen molar-refractivity contribution in [1.29, 1.82) is 0 Å². The molecular formula is C25H27BrN2O4S. The van der Waals surface area contributed by atoms with Crippen molar-refractivity contribution in [2.75, 3.05) is 16.6 Å². The number of ether oxygens (including phenoxy) is 1. The van der Waals surface area contributed by atoms with Gasteiger partial charge in [0.1, 0.15) is 5.75 Å². The lowest BCUT2D eigenvalue weighted by atomic mass is 10.1. The van der Waals surface area contributed by atoms with E-state index in [-0.39, 0.29) is 10.8 Å². The number of amides is 1. The van der Waals surface area contributed by atoms with Gasteiger partial charge >= 0.3 is 0 Å². The Morgan fingerprint density at radius 2 is 1.67 bits per heavy atom. The number of para-hydroxylation sites is 1. The van der Waals surface area contributed by atoms with Crippen LogP contribution in [-0.2, 0) is 10.0 Å². The van der Waals surface area contributed by atoms with Crippen molar-refractivity contribution in [2.24, 2.45) is 0 Å². The fraction of sp³-hybridized carbons (Fsp3) is 0.240. The second-order valence-electron chi connectivity index (χ2n) is 7.70. The number of carbonyl (C=O) groups excluding carboxylic acids is 1. The van der Waals surface area contributed by atoms with Crippen molar-refractivity contribution in [3.63, 3.8) is 0 Å². The number of nitrogens with one attached hydrogen (secondary N) is 2. The van der Waals surface area contributed by atoms with E-state index < -0.39 is 10.0 Å². The van der Waals surface area contributed by atoms with E-state index in [2.05, 4.69) is 32.9 Å². The predicted octanol–water partition coefficient (Wildman–Crippen LogP) is 6.30. The van der Waals surface area contributed by atoms with Crippen molar-refractivity contribution < 1.29 is 17.9 Å². The Morgan fingerprint density at radius 3 is 2.27 bits per heavy atom. The third kappa shape index (κ3) is 6.36. The van der Waals surface area contributed by atoms with Gasteiger partial charge in [-0.25, -0.2) is 8.42 Å². The quantitative estimate of drug-likeness (QED) is 0.318. The first-order valence-corrected chi connectivity index (χ1v) is 12.9. The highest BCUT2D eigenvalue weighted by molar-refractivity contribution is 9.10. The zero-order valence-electron chi connectivity index (χ0n) is 18.8. The second-order valence-corrected chi connectivity index (χ2v) is 10.2. The molecule has 3 rings (SSSR count). The van der Waals surface area contributed by atoms with Crippen molar-refractivity contribution in [3.8, 4) is 5.75 Å². The summed E-state index contributed by atoms with van der Waals surface area (Å²) in [6, 6.07) is 16.8. The Morgan fingerprint density at radius 1 is 1.00 bits per heavy atom. The van der Waals surface area contributed by atoms with E-state index in [0.717, 1.165) is 24.0 Å². The lowest BCUT2D eigenvalue weighted by molar-refractivity contribution is 0.102. The third-order valence-corrected chi connectivity index (χ3v) is 7.07. The van der Waals surface area contributed by atoms with Gasteiger partial charge in [-0.05, 0) is 89.8 Å². The molecule has 0 atom stereocenters. The predicted molar refractivity (Wildman–Crippen MR) is 136 cm³/mol. The van der Waals surface area contributed by atoms with Gasteiger partial charge in [0.25, 0.3) is 15.9 Å². The SMILES string of the molecule is CCCCOc1ccc(C(=O)Nc2ccc(S(=O)(=O)Nc3c(C)cccc3C)cc2)cc1Br. The van der Waals surface area contributed by atoms with Gasteiger partial charge in [0.2, 0.25) is 0 Å². The molecule has 2 N–H and O–H groups in total. The van der Waals surface area contributed by atoms with Crippen molar-refractivity contribution in [1.82, 2.24) is 0 Å². The van der Waals surface area contributed by atoms with E-state index in [0.29, 0.717) is 33.8 Å². The molecule has 0 bridgehead atoms. The number of halogens is 1. The van der Waals surface area contributed by atoms with Crippen molar-refractivity contribution >= 4 is 43.2 Å². The first-order valence-electron chi connectivity index (χ1n) is 10.6. The van der Waals surface area contributed by atoms with Gasteiger partial charge in [-0.3, -0.25) is 9.52 Å². The molecular weight excluding hydrogens is 504 g/mol. The van der Waals surface area contributed by atoms with Crippen LogP contribution in [0.4, 0.5) is 11.4 Å². The number of rotatable bonds is 9. The van der Waals surface area contributed by atoms with Crippen LogP contribution in [0.5, 0.6) is 5.75 Å². The molecule has 0 aliphatic carbocycles. The minimum Gasteiger partial charge on any atom is -0.492 e. The average Bonchev–Trinajstić information content (AvgIpc) is 2.78. The normalized spacial score (nSPS) is 11.2. The third-order valence-electron chi connectivity index (χ3n) is 5.09. The summed E-state index contributed by atoms with van der Waals surface area (Å²) in [5.41, 5.74) is 3.21. The number of unbranched alkanes of at least 4 members (excludes halogenated alkanes) is 1. The van der Waals surface area contributed by atoms with Crippen molar-refractivity contribution in [3.05, 3.63) is 81.8 Å². The topological polar surface area (TPSA) is 84.5 Å². The summed E-state index contributed by atoms with van der Waals surface area (Å²) >= 11 is 3.44. The van der Waals surface area contributed by atoms with Gasteiger partial charge < -0.3 is 10.1 Å². The highest BCUT2D eigenvalue weighted by Gasteiger charge is 2.17. The van der Waals surface area contributed by atoms with Crippen LogP contribution in [0, 0.1) is 13.8 Å². The zero-order valence-corrected chi connectivity index (χ0v) is 21.2. The summed E-state index contributed by atoms with van der Waals surface area (Å²) < 4.78 is 34.7. The Kier molecular flexibility index (Phi) is 8.15. The Labute approximate surface area is 203 Å². The number of benzene rings is 3. The van der Waals surface area contributed by atoms with Crippen LogP contribution in [0.1, 0.15) is 41.3 Å². The highest BCUT2D eigenvalue weighted by Crippen LogP contribution is 2.27. The number of aryl methyl sites for hydroxylation is 2. The molecule has 0 unspecified atom stereocenters. The molecule has 0 fully saturated rings. The van der Waals surface area contributed by atoms with Crippen LogP contribution in [0.3, 0.4) is 0 Å². The molecule has 1 amide bonds. The first-order chi connectivity index (χ1) is 15.7. The molecule has 0 aromatic heterocycles. The number of carbonyl (C=O) groups is 1. The van der Waals surface area contributed by atoms with Crippen molar-refractivity contribution in [2.45, 2.75) is 38.5 Å². The number of hydrogen-bond acceptors (Lipinski definition) is 4. The van der Waals surface area contributed by atoms with Crippen LogP contribution in [0.15, 0.2) is 70.0 Å². The maximum absolute atomic E-state index is 12.8. The molecule has 33 heavy (non-hydrogen) atoms. The van der Waals surface area contributed by atoms with Gasteiger partial charge in [-0.2, -0.15) is 0 Å². The molecule has 8 heteroatoms. The summed E-state index contributed by atoms with van der Waals surface area (Å²) in [5.74, 6) is 0.381. The van der Waals surface area contributed by atoms with Gasteiger partial charge in [-0.1, -0.05) is 31.5 Å². The average molecular weight is 531 g/mol. The molecule has 0 radical (unpaired) electrons. The fourth-order valence-corrected chi connectivity index (χ4v) is 4.87. The number of hydrogen-bond donors (Lipinski definition) is 2. The summed E-state index contributed by atoms with van der Waals surface area (Å²) in [7, 11) is -3.76. The maximum Gasteiger partial charge on any atom is 0.261 e. The second kappa shape index (κ2) is 10.9. The molecule has 0 aliphatic heterocycles. The lowest BCUT2D eigenvalue weighted by Crippen LogP contribution is -2.15. The minimum absolute atomic E-state index is 0.111. The molecule has 174 valence electrons. The Hall–Kier alpha value is -2.84. The lowest BCUT2D eigenvalue weighted by Gasteiger charge is -2.14. The number of anilines is 2. The van der Waals surface area contributed by atoms with E-state index in [1.807, 2.05) is 32.0 Å². The fourth-order valence-electron chi connectivity index (χ4n) is 3.18. The summed E-state index contributed by atoms with van der Waals surface area (Å²) in [4.78, 5) is 12.7. The van der Waals surface area contributed by atoms with Gasteiger partial charge in [0.05, 0.1) is 21.7 Å². The van der Waals surface area contributed by atoms with Gasteiger partial charge in [-0.15, -0.1) is 0 Å². The Bertz CT molecular complexity index is 1220. The van der Waals surface area contributed by atoms with Crippen LogP contribution >= 0.6 is 15.9 Å². The molecule has 0 saturated heterocycles. The molecule has 0 saturated carbocycles. The summed E-state index contributed by atoms with van der Waals surface area (Å²) in [5, 5.41) is 2.79. The molecule has 0 heterocycles. The molecule has 0 aliphatic rings. The number of sulfonamides is 1. The van der Waals surface area contributed by atoms with Crippen LogP contribution in [-0.4, -0.2) is 20.9 Å². The minimum atomic E-state index is -3.76. The van der Waals surface area contributed by atoms with E-state index in [1.54, 1.807) is 30.3 Å². The van der Waals surface area contributed by atoms with Crippen LogP contribution in [0.25, 0.3) is 0 Å². The van der Waals surface area contributed by atoms with E-state index >= 15 is 0 Å². The van der Waals surface area contributed by atoms with Crippen LogP contribution < -0.4 is 14.8 Å². The molecule has 3 aromatic carbocycles. The van der Waals surface area contributed by atoms with E-state index in [9.17, 15) is 13.2 Å². The highest BCUT2D eigenvalue weighted by atomic mass is 79.9. The van der Waals surface area contributed by atoms with Gasteiger partial charge in [0.15, 0.2) is 0 Å².